The highest BCUT2D eigenvalue weighted by atomic mass is 35.5. The van der Waals surface area contributed by atoms with Crippen LogP contribution in [0.4, 0.5) is 9.52 Å². The molecular weight excluding hydrogens is 672 g/mol. The van der Waals surface area contributed by atoms with E-state index in [-0.39, 0.29) is 16.3 Å². The van der Waals surface area contributed by atoms with Gasteiger partial charge in [-0.2, -0.15) is 0 Å². The number of aliphatic hydroxyl groups excluding tert-OH is 1. The lowest BCUT2D eigenvalue weighted by Gasteiger charge is -2.23. The number of unbranched alkanes of at least 4 members (excludes halogenated alkanes) is 2. The number of carbonyl (C=O) groups is 2. The van der Waals surface area contributed by atoms with Crippen LogP contribution >= 0.6 is 46.3 Å². The number of hydrogen-bond acceptors (Lipinski definition) is 9. The van der Waals surface area contributed by atoms with Gasteiger partial charge in [0.2, 0.25) is 5.13 Å². The number of thioether (sulfide) groups is 1. The predicted molar refractivity (Wildman–Crippen MR) is 180 cm³/mol. The number of amides is 1. The molecule has 46 heavy (non-hydrogen) atoms. The summed E-state index contributed by atoms with van der Waals surface area (Å²) in [7, 11) is 0. The second kappa shape index (κ2) is 15.3. The molecule has 1 amide bonds. The molecule has 13 heteroatoms. The van der Waals surface area contributed by atoms with E-state index in [9.17, 15) is 19.1 Å². The third kappa shape index (κ3) is 7.49. The number of hydrogen-bond donors (Lipinski definition) is 1. The number of benzene rings is 3. The number of carbonyl (C=O) groups excluding carboxylic acids is 2. The van der Waals surface area contributed by atoms with Crippen LogP contribution in [-0.4, -0.2) is 40.2 Å². The number of anilines is 1. The highest BCUT2D eigenvalue weighted by Crippen LogP contribution is 2.46. The van der Waals surface area contributed by atoms with Crippen molar-refractivity contribution in [3.05, 3.63) is 98.8 Å². The number of aliphatic hydroxyl groups is 1. The SMILES string of the molecule is CCCCCOc1ccc(C2C(=C(O)c3ccc(F)cc3)C(=O)C(=O)N2c2nnc(SCc3ccc(Cl)cc3Cl)s2)cc1OCC. The Hall–Kier alpha value is -3.64. The molecule has 240 valence electrons. The molecule has 2 heterocycles. The maximum atomic E-state index is 13.7. The van der Waals surface area contributed by atoms with Gasteiger partial charge in [0.1, 0.15) is 11.6 Å². The molecule has 5 rings (SSSR count). The summed E-state index contributed by atoms with van der Waals surface area (Å²) < 4.78 is 26.1. The Bertz CT molecular complexity index is 1770. The highest BCUT2D eigenvalue weighted by Gasteiger charge is 2.48. The summed E-state index contributed by atoms with van der Waals surface area (Å²) in [5, 5.41) is 21.1. The first kappa shape index (κ1) is 33.7. The fourth-order valence-electron chi connectivity index (χ4n) is 4.86. The van der Waals surface area contributed by atoms with Gasteiger partial charge in [0, 0.05) is 21.4 Å². The zero-order valence-corrected chi connectivity index (χ0v) is 28.1. The minimum absolute atomic E-state index is 0.160. The Morgan fingerprint density at radius 2 is 1.78 bits per heavy atom. The molecule has 1 fully saturated rings. The second-order valence-electron chi connectivity index (χ2n) is 10.2. The summed E-state index contributed by atoms with van der Waals surface area (Å²) in [6, 6.07) is 14.3. The molecule has 1 N–H and O–H groups in total. The van der Waals surface area contributed by atoms with Crippen LogP contribution < -0.4 is 14.4 Å². The van der Waals surface area contributed by atoms with Gasteiger partial charge in [-0.1, -0.05) is 78.2 Å². The van der Waals surface area contributed by atoms with Crippen molar-refractivity contribution in [3.63, 3.8) is 0 Å². The van der Waals surface area contributed by atoms with Crippen LogP contribution in [0.5, 0.6) is 11.5 Å². The van der Waals surface area contributed by atoms with Gasteiger partial charge in [-0.05, 0) is 73.0 Å². The van der Waals surface area contributed by atoms with Crippen molar-refractivity contribution < 1.29 is 28.6 Å². The minimum atomic E-state index is -1.09. The molecule has 1 atom stereocenters. The van der Waals surface area contributed by atoms with Crippen molar-refractivity contribution in [2.24, 2.45) is 0 Å². The minimum Gasteiger partial charge on any atom is -0.507 e. The zero-order chi connectivity index (χ0) is 32.8. The number of aromatic nitrogens is 2. The highest BCUT2D eigenvalue weighted by molar-refractivity contribution is 8.00. The fourth-order valence-corrected chi connectivity index (χ4v) is 7.29. The van der Waals surface area contributed by atoms with Gasteiger partial charge >= 0.3 is 5.91 Å². The van der Waals surface area contributed by atoms with E-state index in [0.29, 0.717) is 50.4 Å². The summed E-state index contributed by atoms with van der Waals surface area (Å²) in [6.45, 7) is 4.80. The molecule has 1 saturated heterocycles. The molecule has 0 aliphatic carbocycles. The molecule has 1 unspecified atom stereocenters. The van der Waals surface area contributed by atoms with Crippen molar-refractivity contribution >= 4 is 68.9 Å². The fraction of sp³-hybridized carbons (Fsp3) is 0.273. The largest absolute Gasteiger partial charge is 0.507 e. The number of nitrogens with zero attached hydrogens (tertiary/aromatic N) is 3. The first-order valence-electron chi connectivity index (χ1n) is 14.6. The number of halogens is 3. The van der Waals surface area contributed by atoms with E-state index >= 15 is 0 Å². The van der Waals surface area contributed by atoms with Crippen molar-refractivity contribution in [1.29, 1.82) is 0 Å². The maximum Gasteiger partial charge on any atom is 0.301 e. The lowest BCUT2D eigenvalue weighted by atomic mass is 9.95. The van der Waals surface area contributed by atoms with E-state index in [1.165, 1.54) is 40.9 Å². The van der Waals surface area contributed by atoms with Gasteiger partial charge in [-0.3, -0.25) is 14.5 Å². The van der Waals surface area contributed by atoms with Crippen molar-refractivity contribution in [3.8, 4) is 11.5 Å². The van der Waals surface area contributed by atoms with E-state index in [1.54, 1.807) is 30.3 Å². The second-order valence-corrected chi connectivity index (χ2v) is 13.3. The Balaban J connectivity index is 1.54. The Morgan fingerprint density at radius 3 is 2.50 bits per heavy atom. The third-order valence-corrected chi connectivity index (χ3v) is 9.81. The van der Waals surface area contributed by atoms with Crippen LogP contribution in [0.3, 0.4) is 0 Å². The quantitative estimate of drug-likeness (QED) is 0.0368. The van der Waals surface area contributed by atoms with Crippen molar-refractivity contribution in [2.45, 2.75) is 49.2 Å². The average molecular weight is 703 g/mol. The average Bonchev–Trinajstić information content (AvgIpc) is 3.61. The van der Waals surface area contributed by atoms with Crippen LogP contribution in [-0.2, 0) is 15.3 Å². The lowest BCUT2D eigenvalue weighted by molar-refractivity contribution is -0.132. The van der Waals surface area contributed by atoms with Gasteiger partial charge in [0.25, 0.3) is 5.78 Å². The van der Waals surface area contributed by atoms with Crippen LogP contribution in [0.25, 0.3) is 5.76 Å². The molecule has 1 aliphatic rings. The number of ether oxygens (including phenoxy) is 2. The van der Waals surface area contributed by atoms with Crippen molar-refractivity contribution in [1.82, 2.24) is 10.2 Å². The number of Topliss-reactive ketones (excluding diaryl/α,β-unsaturated/α-hetero) is 1. The Kier molecular flexibility index (Phi) is 11.2. The topological polar surface area (TPSA) is 102 Å². The number of rotatable bonds is 13. The molecule has 4 aromatic rings. The van der Waals surface area contributed by atoms with Crippen LogP contribution in [0.2, 0.25) is 10.0 Å². The Labute approximate surface area is 284 Å². The normalized spacial score (nSPS) is 15.8. The number of ketones is 1. The molecule has 0 radical (unpaired) electrons. The first-order valence-corrected chi connectivity index (χ1v) is 17.1. The summed E-state index contributed by atoms with van der Waals surface area (Å²) in [5.74, 6) is -1.34. The van der Waals surface area contributed by atoms with Crippen LogP contribution in [0.1, 0.15) is 55.8 Å². The summed E-state index contributed by atoms with van der Waals surface area (Å²) in [6.07, 6.45) is 2.95. The molecule has 1 aliphatic heterocycles. The predicted octanol–water partition coefficient (Wildman–Crippen LogP) is 8.87. The maximum absolute atomic E-state index is 13.7. The molecule has 0 saturated carbocycles. The summed E-state index contributed by atoms with van der Waals surface area (Å²) in [4.78, 5) is 28.5. The third-order valence-electron chi connectivity index (χ3n) is 7.12. The van der Waals surface area contributed by atoms with Gasteiger partial charge in [-0.25, -0.2) is 4.39 Å². The van der Waals surface area contributed by atoms with Gasteiger partial charge in [-0.15, -0.1) is 10.2 Å². The van der Waals surface area contributed by atoms with E-state index in [4.69, 9.17) is 32.7 Å². The summed E-state index contributed by atoms with van der Waals surface area (Å²) in [5.41, 5.74) is 1.32. The van der Waals surface area contributed by atoms with Gasteiger partial charge in [0.15, 0.2) is 15.8 Å². The molecular formula is C33H30Cl2FN3O5S2. The molecule has 8 nitrogen and oxygen atoms in total. The monoisotopic (exact) mass is 701 g/mol. The van der Waals surface area contributed by atoms with Gasteiger partial charge < -0.3 is 14.6 Å². The lowest BCUT2D eigenvalue weighted by Crippen LogP contribution is -2.29. The Morgan fingerprint density at radius 1 is 1.00 bits per heavy atom. The van der Waals surface area contributed by atoms with E-state index in [1.807, 2.05) is 13.0 Å². The first-order chi connectivity index (χ1) is 22.2. The van der Waals surface area contributed by atoms with E-state index < -0.39 is 29.3 Å². The molecule has 0 bridgehead atoms. The van der Waals surface area contributed by atoms with E-state index in [2.05, 4.69) is 17.1 Å². The molecule has 1 aromatic heterocycles. The van der Waals surface area contributed by atoms with E-state index in [0.717, 1.165) is 36.2 Å². The van der Waals surface area contributed by atoms with Crippen LogP contribution in [0.15, 0.2) is 70.6 Å². The standard InChI is InChI=1S/C33H30Cl2FN3O5S2/c1-3-5-6-15-44-25-14-10-20(16-26(25)43-4-2)28-27(29(40)19-8-12-23(36)13-9-19)30(41)31(42)39(28)32-37-38-33(46-32)45-18-21-7-11-22(34)17-24(21)35/h7-14,16-17,28,40H,3-6,15,18H2,1-2H3. The summed E-state index contributed by atoms with van der Waals surface area (Å²) >= 11 is 14.8. The van der Waals surface area contributed by atoms with Crippen molar-refractivity contribution in [2.75, 3.05) is 18.1 Å². The van der Waals surface area contributed by atoms with Crippen LogP contribution in [0, 0.1) is 5.82 Å². The molecule has 0 spiro atoms. The molecule has 3 aromatic carbocycles. The smallest absolute Gasteiger partial charge is 0.301 e. The van der Waals surface area contributed by atoms with Gasteiger partial charge in [0.05, 0.1) is 24.8 Å². The zero-order valence-electron chi connectivity index (χ0n) is 25.0.